The van der Waals surface area contributed by atoms with Crippen LogP contribution in [0.2, 0.25) is 0 Å². The van der Waals surface area contributed by atoms with Crippen LogP contribution in [0.3, 0.4) is 0 Å². The van der Waals surface area contributed by atoms with E-state index in [1.54, 1.807) is 6.07 Å². The van der Waals surface area contributed by atoms with E-state index in [4.69, 9.17) is 4.42 Å². The molecule has 0 aliphatic carbocycles. The van der Waals surface area contributed by atoms with Crippen LogP contribution in [0.25, 0.3) is 0 Å². The lowest BCUT2D eigenvalue weighted by Crippen LogP contribution is -2.40. The molecule has 2 heterocycles. The van der Waals surface area contributed by atoms with Gasteiger partial charge in [-0.1, -0.05) is 0 Å². The lowest BCUT2D eigenvalue weighted by Gasteiger charge is -2.31. The number of carbonyl (C=O) groups is 1. The van der Waals surface area contributed by atoms with Gasteiger partial charge in [0.2, 0.25) is 0 Å². The highest BCUT2D eigenvalue weighted by Gasteiger charge is 2.24. The van der Waals surface area contributed by atoms with Crippen molar-refractivity contribution in [1.29, 1.82) is 0 Å². The number of halogens is 1. The van der Waals surface area contributed by atoms with Crippen molar-refractivity contribution < 1.29 is 9.21 Å². The number of carbonyl (C=O) groups excluding carboxylic acids is 1. The Bertz CT molecular complexity index is 384. The minimum Gasteiger partial charge on any atom is -0.456 e. The maximum atomic E-state index is 12.1. The number of rotatable bonds is 3. The standard InChI is InChI=1S/C13H20N2O2.ClH/c1-10-3-4-12(17-10)13(16)15-7-5-11(6-8-15)9-14-2;/h3-4,11,14H,5-9H2,1-2H3;1H. The Balaban J connectivity index is 0.00000162. The molecule has 1 N–H and O–H groups in total. The van der Waals surface area contributed by atoms with Gasteiger partial charge in [-0.3, -0.25) is 4.79 Å². The van der Waals surface area contributed by atoms with Gasteiger partial charge in [0, 0.05) is 13.1 Å². The Hall–Kier alpha value is -1.00. The number of nitrogens with zero attached hydrogens (tertiary/aromatic N) is 1. The molecule has 5 heteroatoms. The van der Waals surface area contributed by atoms with E-state index in [0.29, 0.717) is 11.7 Å². The highest BCUT2D eigenvalue weighted by atomic mass is 35.5. The van der Waals surface area contributed by atoms with Gasteiger partial charge in [0.05, 0.1) is 0 Å². The van der Waals surface area contributed by atoms with Crippen LogP contribution in [0.1, 0.15) is 29.2 Å². The summed E-state index contributed by atoms with van der Waals surface area (Å²) in [5, 5.41) is 3.19. The molecular formula is C13H21ClN2O2. The second-order valence-electron chi connectivity index (χ2n) is 4.70. The Morgan fingerprint density at radius 1 is 1.44 bits per heavy atom. The van der Waals surface area contributed by atoms with Crippen LogP contribution in [-0.2, 0) is 0 Å². The van der Waals surface area contributed by atoms with E-state index in [1.165, 1.54) is 0 Å². The summed E-state index contributed by atoms with van der Waals surface area (Å²) in [6.07, 6.45) is 2.15. The third kappa shape index (κ3) is 3.50. The molecule has 2 rings (SSSR count). The molecule has 102 valence electrons. The normalized spacial score (nSPS) is 16.4. The van der Waals surface area contributed by atoms with Crippen LogP contribution in [0, 0.1) is 12.8 Å². The van der Waals surface area contributed by atoms with Crippen LogP contribution in [0.4, 0.5) is 0 Å². The molecule has 1 aromatic heterocycles. The first-order chi connectivity index (χ1) is 8.20. The van der Waals surface area contributed by atoms with E-state index in [2.05, 4.69) is 5.32 Å². The zero-order valence-electron chi connectivity index (χ0n) is 10.9. The third-order valence-corrected chi connectivity index (χ3v) is 3.35. The van der Waals surface area contributed by atoms with E-state index >= 15 is 0 Å². The quantitative estimate of drug-likeness (QED) is 0.916. The Labute approximate surface area is 114 Å². The number of nitrogens with one attached hydrogen (secondary N) is 1. The molecule has 0 radical (unpaired) electrons. The summed E-state index contributed by atoms with van der Waals surface area (Å²) in [5.74, 6) is 1.98. The van der Waals surface area contributed by atoms with E-state index in [0.717, 1.165) is 38.2 Å². The van der Waals surface area contributed by atoms with Gasteiger partial charge < -0.3 is 14.6 Å². The molecule has 1 fully saturated rings. The molecule has 18 heavy (non-hydrogen) atoms. The first kappa shape index (κ1) is 15.1. The SMILES string of the molecule is CNCC1CCN(C(=O)c2ccc(C)o2)CC1.Cl. The number of hydrogen-bond donors (Lipinski definition) is 1. The Kier molecular flexibility index (Phi) is 5.69. The first-order valence-electron chi connectivity index (χ1n) is 6.21. The summed E-state index contributed by atoms with van der Waals surface area (Å²) in [7, 11) is 1.98. The van der Waals surface area contributed by atoms with Crippen molar-refractivity contribution in [2.24, 2.45) is 5.92 Å². The smallest absolute Gasteiger partial charge is 0.289 e. The van der Waals surface area contributed by atoms with E-state index in [9.17, 15) is 4.79 Å². The van der Waals surface area contributed by atoms with Crippen LogP contribution < -0.4 is 5.32 Å². The average Bonchev–Trinajstić information content (AvgIpc) is 2.76. The van der Waals surface area contributed by atoms with Crippen LogP contribution in [-0.4, -0.2) is 37.5 Å². The molecule has 1 aliphatic heterocycles. The molecule has 0 spiro atoms. The number of aryl methyl sites for hydroxylation is 1. The summed E-state index contributed by atoms with van der Waals surface area (Å²) in [6, 6.07) is 3.60. The van der Waals surface area contributed by atoms with Crippen molar-refractivity contribution in [1.82, 2.24) is 10.2 Å². The average molecular weight is 273 g/mol. The van der Waals surface area contributed by atoms with Crippen LogP contribution >= 0.6 is 12.4 Å². The molecule has 0 saturated carbocycles. The van der Waals surface area contributed by atoms with E-state index < -0.39 is 0 Å². The molecule has 4 nitrogen and oxygen atoms in total. The minimum atomic E-state index is 0. The third-order valence-electron chi connectivity index (χ3n) is 3.35. The fourth-order valence-electron chi connectivity index (χ4n) is 2.33. The van der Waals surface area contributed by atoms with Gasteiger partial charge in [-0.05, 0) is 51.4 Å². The van der Waals surface area contributed by atoms with Crippen molar-refractivity contribution in [3.05, 3.63) is 23.7 Å². The lowest BCUT2D eigenvalue weighted by molar-refractivity contribution is 0.0657. The molecule has 1 saturated heterocycles. The number of furan rings is 1. The largest absolute Gasteiger partial charge is 0.456 e. The van der Waals surface area contributed by atoms with Crippen molar-refractivity contribution in [3.8, 4) is 0 Å². The number of amides is 1. The summed E-state index contributed by atoms with van der Waals surface area (Å²) in [4.78, 5) is 14.0. The van der Waals surface area contributed by atoms with Crippen molar-refractivity contribution in [3.63, 3.8) is 0 Å². The van der Waals surface area contributed by atoms with Gasteiger partial charge in [0.25, 0.3) is 5.91 Å². The van der Waals surface area contributed by atoms with Gasteiger partial charge in [-0.15, -0.1) is 12.4 Å². The highest BCUT2D eigenvalue weighted by molar-refractivity contribution is 5.91. The van der Waals surface area contributed by atoms with Crippen molar-refractivity contribution in [2.45, 2.75) is 19.8 Å². The fraction of sp³-hybridized carbons (Fsp3) is 0.615. The van der Waals surface area contributed by atoms with Gasteiger partial charge in [0.15, 0.2) is 5.76 Å². The van der Waals surface area contributed by atoms with Crippen LogP contribution in [0.15, 0.2) is 16.5 Å². The summed E-state index contributed by atoms with van der Waals surface area (Å²) in [6.45, 7) is 4.58. The number of likely N-dealkylation sites (tertiary alicyclic amines) is 1. The summed E-state index contributed by atoms with van der Waals surface area (Å²) >= 11 is 0. The zero-order chi connectivity index (χ0) is 12.3. The Morgan fingerprint density at radius 3 is 2.61 bits per heavy atom. The molecular weight excluding hydrogens is 252 g/mol. The molecule has 0 atom stereocenters. The summed E-state index contributed by atoms with van der Waals surface area (Å²) < 4.78 is 5.37. The lowest BCUT2D eigenvalue weighted by atomic mass is 9.97. The Morgan fingerprint density at radius 2 is 2.11 bits per heavy atom. The van der Waals surface area contributed by atoms with Gasteiger partial charge in [-0.25, -0.2) is 0 Å². The molecule has 1 aliphatic rings. The zero-order valence-corrected chi connectivity index (χ0v) is 11.8. The number of hydrogen-bond acceptors (Lipinski definition) is 3. The van der Waals surface area contributed by atoms with Gasteiger partial charge >= 0.3 is 0 Å². The van der Waals surface area contributed by atoms with Crippen LogP contribution in [0.5, 0.6) is 0 Å². The molecule has 0 aromatic carbocycles. The summed E-state index contributed by atoms with van der Waals surface area (Å²) in [5.41, 5.74) is 0. The molecule has 0 bridgehead atoms. The second-order valence-corrected chi connectivity index (χ2v) is 4.70. The van der Waals surface area contributed by atoms with E-state index in [-0.39, 0.29) is 18.3 Å². The minimum absolute atomic E-state index is 0. The molecule has 0 unspecified atom stereocenters. The second kappa shape index (κ2) is 6.81. The van der Waals surface area contributed by atoms with Gasteiger partial charge in [-0.2, -0.15) is 0 Å². The predicted molar refractivity (Wildman–Crippen MR) is 73.2 cm³/mol. The van der Waals surface area contributed by atoms with Crippen molar-refractivity contribution in [2.75, 3.05) is 26.7 Å². The predicted octanol–water partition coefficient (Wildman–Crippen LogP) is 2.08. The fourth-order valence-corrected chi connectivity index (χ4v) is 2.33. The maximum absolute atomic E-state index is 12.1. The van der Waals surface area contributed by atoms with E-state index in [1.807, 2.05) is 24.9 Å². The van der Waals surface area contributed by atoms with Gasteiger partial charge in [0.1, 0.15) is 5.76 Å². The maximum Gasteiger partial charge on any atom is 0.289 e. The number of piperidine rings is 1. The van der Waals surface area contributed by atoms with Crippen molar-refractivity contribution >= 4 is 18.3 Å². The molecule has 1 aromatic rings. The topological polar surface area (TPSA) is 45.5 Å². The highest BCUT2D eigenvalue weighted by Crippen LogP contribution is 2.19. The molecule has 1 amide bonds. The first-order valence-corrected chi connectivity index (χ1v) is 6.21. The monoisotopic (exact) mass is 272 g/mol.